The summed E-state index contributed by atoms with van der Waals surface area (Å²) in [5.41, 5.74) is -5.79. The van der Waals surface area contributed by atoms with Gasteiger partial charge in [0.2, 0.25) is 0 Å². The van der Waals surface area contributed by atoms with Gasteiger partial charge in [-0.05, 0) is 24.3 Å². The van der Waals surface area contributed by atoms with Crippen molar-refractivity contribution in [2.24, 2.45) is 0 Å². The number of alkyl halides is 3. The third-order valence-electron chi connectivity index (χ3n) is 3.75. The lowest BCUT2D eigenvalue weighted by Gasteiger charge is -2.06. The molecule has 29 heavy (non-hydrogen) atoms. The van der Waals surface area contributed by atoms with E-state index in [-0.39, 0.29) is 16.8 Å². The highest BCUT2D eigenvalue weighted by Crippen LogP contribution is 2.29. The number of aromatic amines is 1. The second kappa shape index (κ2) is 6.87. The molecular formula is C17H6F8N2O2. The van der Waals surface area contributed by atoms with E-state index in [0.29, 0.717) is 18.2 Å². The van der Waals surface area contributed by atoms with Gasteiger partial charge in [-0.2, -0.15) is 13.2 Å². The van der Waals surface area contributed by atoms with Crippen LogP contribution >= 0.6 is 0 Å². The largest absolute Gasteiger partial charge is 0.455 e. The molecule has 0 saturated carbocycles. The molecule has 152 valence electrons. The monoisotopic (exact) mass is 422 g/mol. The molecular weight excluding hydrogens is 416 g/mol. The van der Waals surface area contributed by atoms with Crippen molar-refractivity contribution in [1.29, 1.82) is 0 Å². The van der Waals surface area contributed by atoms with Crippen molar-refractivity contribution in [3.63, 3.8) is 0 Å². The van der Waals surface area contributed by atoms with E-state index in [0.717, 1.165) is 0 Å². The molecule has 4 nitrogen and oxygen atoms in total. The number of hydrogen-bond acceptors (Lipinski definition) is 2. The summed E-state index contributed by atoms with van der Waals surface area (Å²) in [7, 11) is 0. The lowest BCUT2D eigenvalue weighted by Crippen LogP contribution is -2.29. The summed E-state index contributed by atoms with van der Waals surface area (Å²) in [5, 5.41) is 1.96. The third kappa shape index (κ3) is 3.65. The summed E-state index contributed by atoms with van der Waals surface area (Å²) in [5.74, 6) is -10.6. The Morgan fingerprint density at radius 1 is 0.862 bits per heavy atom. The molecule has 0 fully saturated rings. The summed E-state index contributed by atoms with van der Waals surface area (Å²) < 4.78 is 106. The molecule has 0 radical (unpaired) electrons. The maximum Gasteiger partial charge on any atom is 0.455 e. The molecule has 3 aromatic rings. The van der Waals surface area contributed by atoms with Gasteiger partial charge in [0.15, 0.2) is 17.5 Å². The second-order valence-electron chi connectivity index (χ2n) is 5.71. The van der Waals surface area contributed by atoms with Crippen molar-refractivity contribution >= 4 is 5.78 Å². The normalized spacial score (nSPS) is 11.7. The van der Waals surface area contributed by atoms with Crippen LogP contribution < -0.4 is 5.56 Å². The van der Waals surface area contributed by atoms with Crippen LogP contribution in [0.5, 0.6) is 0 Å². The van der Waals surface area contributed by atoms with Gasteiger partial charge >= 0.3 is 6.18 Å². The van der Waals surface area contributed by atoms with Crippen LogP contribution in [0.15, 0.2) is 35.1 Å². The standard InChI is InChI=1S/C17H6F8N2O2/c18-7-3-8(19)5-9(4-7)27-16(29)12(15(28)17(23,24)25)14(26-27)6-1-10(20)13(22)11(21)2-6/h1-5,26H. The number of H-pyrrole nitrogens is 1. The van der Waals surface area contributed by atoms with E-state index in [9.17, 15) is 44.7 Å². The Hall–Kier alpha value is -3.44. The van der Waals surface area contributed by atoms with Gasteiger partial charge in [-0.1, -0.05) is 0 Å². The zero-order chi connectivity index (χ0) is 21.7. The van der Waals surface area contributed by atoms with E-state index >= 15 is 0 Å². The van der Waals surface area contributed by atoms with Crippen molar-refractivity contribution in [1.82, 2.24) is 9.78 Å². The highest BCUT2D eigenvalue weighted by molar-refractivity contribution is 6.04. The fraction of sp³-hybridized carbons (Fsp3) is 0.0588. The van der Waals surface area contributed by atoms with Gasteiger partial charge in [-0.3, -0.25) is 14.7 Å². The van der Waals surface area contributed by atoms with E-state index in [1.54, 1.807) is 0 Å². The molecule has 0 atom stereocenters. The number of carbonyl (C=O) groups excluding carboxylic acids is 1. The number of benzene rings is 2. The van der Waals surface area contributed by atoms with Crippen LogP contribution in [0, 0.1) is 29.1 Å². The predicted octanol–water partition coefficient (Wildman–Crippen LogP) is 4.27. The quantitative estimate of drug-likeness (QED) is 0.390. The molecule has 1 aromatic heterocycles. The third-order valence-corrected chi connectivity index (χ3v) is 3.75. The molecule has 0 unspecified atom stereocenters. The summed E-state index contributed by atoms with van der Waals surface area (Å²) >= 11 is 0. The molecule has 0 aliphatic carbocycles. The van der Waals surface area contributed by atoms with Gasteiger partial charge in [-0.25, -0.2) is 26.6 Å². The number of nitrogens with zero attached hydrogens (tertiary/aromatic N) is 1. The zero-order valence-corrected chi connectivity index (χ0v) is 13.7. The van der Waals surface area contributed by atoms with Crippen LogP contribution in [0.3, 0.4) is 0 Å². The van der Waals surface area contributed by atoms with Crippen LogP contribution in [-0.2, 0) is 0 Å². The fourth-order valence-electron chi connectivity index (χ4n) is 2.55. The van der Waals surface area contributed by atoms with Crippen LogP contribution in [0.4, 0.5) is 35.1 Å². The number of nitrogens with one attached hydrogen (secondary N) is 1. The molecule has 0 spiro atoms. The minimum atomic E-state index is -5.57. The summed E-state index contributed by atoms with van der Waals surface area (Å²) in [6.07, 6.45) is -5.57. The minimum Gasteiger partial charge on any atom is -0.290 e. The van der Waals surface area contributed by atoms with Crippen molar-refractivity contribution in [2.75, 3.05) is 0 Å². The first-order valence-electron chi connectivity index (χ1n) is 7.48. The number of halogens is 8. The lowest BCUT2D eigenvalue weighted by molar-refractivity contribution is -0.0885. The van der Waals surface area contributed by atoms with Crippen molar-refractivity contribution in [3.05, 3.63) is 75.3 Å². The molecule has 0 aliphatic heterocycles. The first kappa shape index (κ1) is 20.3. The topological polar surface area (TPSA) is 54.9 Å². The number of ketones is 1. The molecule has 12 heteroatoms. The predicted molar refractivity (Wildman–Crippen MR) is 82.0 cm³/mol. The smallest absolute Gasteiger partial charge is 0.290 e. The van der Waals surface area contributed by atoms with Gasteiger partial charge < -0.3 is 0 Å². The number of hydrogen-bond donors (Lipinski definition) is 1. The van der Waals surface area contributed by atoms with Gasteiger partial charge in [0.25, 0.3) is 11.3 Å². The molecule has 0 aliphatic rings. The van der Waals surface area contributed by atoms with E-state index < -0.39 is 69.1 Å². The Labute approximate surface area is 155 Å². The van der Waals surface area contributed by atoms with E-state index in [1.807, 2.05) is 5.10 Å². The Morgan fingerprint density at radius 2 is 1.38 bits per heavy atom. The maximum absolute atomic E-state index is 13.5. The maximum atomic E-state index is 13.5. The van der Waals surface area contributed by atoms with E-state index in [4.69, 9.17) is 0 Å². The summed E-state index contributed by atoms with van der Waals surface area (Å²) in [6.45, 7) is 0. The van der Waals surface area contributed by atoms with Crippen LogP contribution in [0.1, 0.15) is 10.4 Å². The van der Waals surface area contributed by atoms with Crippen molar-refractivity contribution in [3.8, 4) is 16.9 Å². The number of carbonyl (C=O) groups is 1. The van der Waals surface area contributed by atoms with Gasteiger partial charge in [0.1, 0.15) is 17.2 Å². The highest BCUT2D eigenvalue weighted by atomic mass is 19.4. The Kier molecular flexibility index (Phi) is 4.81. The molecule has 0 bridgehead atoms. The van der Waals surface area contributed by atoms with E-state index in [1.165, 1.54) is 0 Å². The zero-order valence-electron chi connectivity index (χ0n) is 13.7. The summed E-state index contributed by atoms with van der Waals surface area (Å²) in [4.78, 5) is 24.1. The molecule has 0 amide bonds. The van der Waals surface area contributed by atoms with Gasteiger partial charge in [0, 0.05) is 11.6 Å². The summed E-state index contributed by atoms with van der Waals surface area (Å²) in [6, 6.07) is 2.00. The number of Topliss-reactive ketones (excluding diaryl/α,β-unsaturated/α-hetero) is 1. The molecule has 2 aromatic carbocycles. The molecule has 1 N–H and O–H groups in total. The first-order valence-corrected chi connectivity index (χ1v) is 7.48. The highest BCUT2D eigenvalue weighted by Gasteiger charge is 2.43. The lowest BCUT2D eigenvalue weighted by atomic mass is 10.0. The SMILES string of the molecule is O=C(c1c(-c2cc(F)c(F)c(F)c2)[nH]n(-c2cc(F)cc(F)c2)c1=O)C(F)(F)F. The Morgan fingerprint density at radius 3 is 1.86 bits per heavy atom. The fourth-order valence-corrected chi connectivity index (χ4v) is 2.55. The molecule has 0 saturated heterocycles. The van der Waals surface area contributed by atoms with Gasteiger partial charge in [0.05, 0.1) is 11.4 Å². The minimum absolute atomic E-state index is 0.180. The average molecular weight is 422 g/mol. The molecule has 3 rings (SSSR count). The first-order chi connectivity index (χ1) is 13.4. The van der Waals surface area contributed by atoms with Crippen LogP contribution in [0.2, 0.25) is 0 Å². The van der Waals surface area contributed by atoms with Crippen molar-refractivity contribution < 1.29 is 39.9 Å². The van der Waals surface area contributed by atoms with Crippen molar-refractivity contribution in [2.45, 2.75) is 6.18 Å². The number of rotatable bonds is 3. The molecule has 1 heterocycles. The Bertz CT molecular complexity index is 1150. The van der Waals surface area contributed by atoms with Crippen LogP contribution in [0.25, 0.3) is 16.9 Å². The van der Waals surface area contributed by atoms with Crippen LogP contribution in [-0.4, -0.2) is 21.7 Å². The number of aromatic nitrogens is 2. The Balaban J connectivity index is 2.36. The van der Waals surface area contributed by atoms with E-state index in [2.05, 4.69) is 0 Å². The average Bonchev–Trinajstić information content (AvgIpc) is 2.94. The van der Waals surface area contributed by atoms with Gasteiger partial charge in [-0.15, -0.1) is 0 Å². The second-order valence-corrected chi connectivity index (χ2v) is 5.71.